The van der Waals surface area contributed by atoms with E-state index in [1.165, 1.54) is 17.1 Å². The molecule has 1 amide bonds. The minimum absolute atomic E-state index is 0.0124. The van der Waals surface area contributed by atoms with Crippen molar-refractivity contribution in [3.63, 3.8) is 0 Å². The highest BCUT2D eigenvalue weighted by Gasteiger charge is 2.35. The van der Waals surface area contributed by atoms with Gasteiger partial charge in [-0.1, -0.05) is 0 Å². The first kappa shape index (κ1) is 10.4. The maximum absolute atomic E-state index is 13.0. The first-order chi connectivity index (χ1) is 8.15. The number of anilines is 1. The Kier molecular flexibility index (Phi) is 2.24. The number of amides is 1. The molecule has 2 aliphatic rings. The van der Waals surface area contributed by atoms with Crippen LogP contribution in [0, 0.1) is 18.7 Å². The molecule has 1 aliphatic heterocycles. The van der Waals surface area contributed by atoms with Crippen LogP contribution in [0.2, 0.25) is 0 Å². The minimum Gasteiger partial charge on any atom is -0.272 e. The Morgan fingerprint density at radius 3 is 2.82 bits per heavy atom. The molecule has 3 rings (SSSR count). The SMILES string of the molecule is Cc1cc(F)ccc1N1N=C(C2CC2)CC1=O. The lowest BCUT2D eigenvalue weighted by Gasteiger charge is -2.14. The summed E-state index contributed by atoms with van der Waals surface area (Å²) in [5, 5.41) is 5.79. The Morgan fingerprint density at radius 2 is 2.18 bits per heavy atom. The third kappa shape index (κ3) is 1.84. The third-order valence-corrected chi connectivity index (χ3v) is 3.23. The molecule has 1 heterocycles. The molecule has 3 nitrogen and oxygen atoms in total. The third-order valence-electron chi connectivity index (χ3n) is 3.23. The van der Waals surface area contributed by atoms with Crippen molar-refractivity contribution in [3.8, 4) is 0 Å². The molecule has 1 aromatic rings. The molecule has 88 valence electrons. The lowest BCUT2D eigenvalue weighted by atomic mass is 10.1. The number of hydrazone groups is 1. The molecular weight excluding hydrogens is 219 g/mol. The minimum atomic E-state index is -0.288. The lowest BCUT2D eigenvalue weighted by molar-refractivity contribution is -0.116. The van der Waals surface area contributed by atoms with E-state index in [-0.39, 0.29) is 11.7 Å². The molecule has 4 heteroatoms. The van der Waals surface area contributed by atoms with Crippen LogP contribution in [0.1, 0.15) is 24.8 Å². The van der Waals surface area contributed by atoms with Gasteiger partial charge in [-0.05, 0) is 49.4 Å². The zero-order valence-electron chi connectivity index (χ0n) is 9.61. The predicted molar refractivity (Wildman–Crippen MR) is 63.4 cm³/mol. The molecule has 1 aliphatic carbocycles. The predicted octanol–water partition coefficient (Wildman–Crippen LogP) is 2.64. The van der Waals surface area contributed by atoms with Crippen LogP contribution in [0.4, 0.5) is 10.1 Å². The molecule has 0 spiro atoms. The summed E-state index contributed by atoms with van der Waals surface area (Å²) >= 11 is 0. The normalized spacial score (nSPS) is 19.8. The van der Waals surface area contributed by atoms with E-state index in [1.54, 1.807) is 13.0 Å². The van der Waals surface area contributed by atoms with Gasteiger partial charge >= 0.3 is 0 Å². The smallest absolute Gasteiger partial charge is 0.253 e. The number of aryl methyl sites for hydroxylation is 1. The number of nitrogens with zero attached hydrogens (tertiary/aromatic N) is 2. The average molecular weight is 232 g/mol. The second-order valence-electron chi connectivity index (χ2n) is 4.68. The van der Waals surface area contributed by atoms with Gasteiger partial charge in [-0.3, -0.25) is 4.79 Å². The van der Waals surface area contributed by atoms with Crippen molar-refractivity contribution in [3.05, 3.63) is 29.6 Å². The Morgan fingerprint density at radius 1 is 1.41 bits per heavy atom. The Bertz CT molecular complexity index is 520. The number of rotatable bonds is 2. The summed E-state index contributed by atoms with van der Waals surface area (Å²) in [5.74, 6) is 0.204. The van der Waals surface area contributed by atoms with Gasteiger partial charge in [0.2, 0.25) is 0 Å². The molecule has 0 aromatic heterocycles. The molecule has 0 atom stereocenters. The second-order valence-corrected chi connectivity index (χ2v) is 4.68. The maximum atomic E-state index is 13.0. The van der Waals surface area contributed by atoms with Gasteiger partial charge in [0.1, 0.15) is 5.82 Å². The zero-order valence-corrected chi connectivity index (χ0v) is 9.61. The average Bonchev–Trinajstić information content (AvgIpc) is 3.04. The first-order valence-corrected chi connectivity index (χ1v) is 5.81. The van der Waals surface area contributed by atoms with Crippen LogP contribution in [0.25, 0.3) is 0 Å². The maximum Gasteiger partial charge on any atom is 0.253 e. The van der Waals surface area contributed by atoms with Crippen LogP contribution in [-0.4, -0.2) is 11.6 Å². The number of carbonyl (C=O) groups excluding carboxylic acids is 1. The van der Waals surface area contributed by atoms with Gasteiger partial charge < -0.3 is 0 Å². The van der Waals surface area contributed by atoms with E-state index in [0.717, 1.165) is 24.1 Å². The number of carbonyl (C=O) groups is 1. The van der Waals surface area contributed by atoms with Gasteiger partial charge in [0, 0.05) is 0 Å². The monoisotopic (exact) mass is 232 g/mol. The van der Waals surface area contributed by atoms with Gasteiger partial charge in [0.05, 0.1) is 17.8 Å². The molecule has 1 fully saturated rings. The van der Waals surface area contributed by atoms with Crippen molar-refractivity contribution < 1.29 is 9.18 Å². The van der Waals surface area contributed by atoms with E-state index >= 15 is 0 Å². The molecule has 1 aromatic carbocycles. The summed E-state index contributed by atoms with van der Waals surface area (Å²) in [6.45, 7) is 1.79. The van der Waals surface area contributed by atoms with E-state index in [0.29, 0.717) is 18.0 Å². The summed E-state index contributed by atoms with van der Waals surface area (Å²) < 4.78 is 13.0. The van der Waals surface area contributed by atoms with Crippen LogP contribution in [0.5, 0.6) is 0 Å². The standard InChI is InChI=1S/C13H13FN2O/c1-8-6-10(14)4-5-12(8)16-13(17)7-11(15-16)9-2-3-9/h4-6,9H,2-3,7H2,1H3. The van der Waals surface area contributed by atoms with Crippen molar-refractivity contribution in [1.29, 1.82) is 0 Å². The van der Waals surface area contributed by atoms with Crippen LogP contribution >= 0.6 is 0 Å². The second kappa shape index (κ2) is 3.65. The number of hydrogen-bond donors (Lipinski definition) is 0. The summed E-state index contributed by atoms with van der Waals surface area (Å²) in [6, 6.07) is 4.40. The fourth-order valence-electron chi connectivity index (χ4n) is 2.14. The molecule has 0 N–H and O–H groups in total. The van der Waals surface area contributed by atoms with Crippen molar-refractivity contribution in [1.82, 2.24) is 0 Å². The number of halogens is 1. The van der Waals surface area contributed by atoms with Crippen LogP contribution in [0.15, 0.2) is 23.3 Å². The summed E-state index contributed by atoms with van der Waals surface area (Å²) in [4.78, 5) is 11.9. The van der Waals surface area contributed by atoms with Crippen molar-refractivity contribution in [2.75, 3.05) is 5.01 Å². The topological polar surface area (TPSA) is 32.7 Å². The van der Waals surface area contributed by atoms with Gasteiger partial charge in [0.25, 0.3) is 5.91 Å². The first-order valence-electron chi connectivity index (χ1n) is 5.81. The molecule has 0 saturated heterocycles. The largest absolute Gasteiger partial charge is 0.272 e. The fraction of sp³-hybridized carbons (Fsp3) is 0.385. The van der Waals surface area contributed by atoms with Gasteiger partial charge in [-0.25, -0.2) is 9.40 Å². The molecule has 0 unspecified atom stereocenters. The Balaban J connectivity index is 1.95. The zero-order chi connectivity index (χ0) is 12.0. The van der Waals surface area contributed by atoms with E-state index in [4.69, 9.17) is 0 Å². The summed E-state index contributed by atoms with van der Waals surface area (Å²) in [6.07, 6.45) is 2.70. The molecule has 0 bridgehead atoms. The summed E-state index contributed by atoms with van der Waals surface area (Å²) in [7, 11) is 0. The molecule has 1 saturated carbocycles. The summed E-state index contributed by atoms with van der Waals surface area (Å²) in [5.41, 5.74) is 2.41. The fourth-order valence-corrected chi connectivity index (χ4v) is 2.14. The molecule has 0 radical (unpaired) electrons. The van der Waals surface area contributed by atoms with Gasteiger partial charge in [-0.15, -0.1) is 0 Å². The van der Waals surface area contributed by atoms with Crippen LogP contribution < -0.4 is 5.01 Å². The lowest BCUT2D eigenvalue weighted by Crippen LogP contribution is -2.20. The Labute approximate surface area is 98.9 Å². The highest BCUT2D eigenvalue weighted by molar-refractivity contribution is 6.14. The Hall–Kier alpha value is -1.71. The number of benzene rings is 1. The molecule has 17 heavy (non-hydrogen) atoms. The van der Waals surface area contributed by atoms with Crippen molar-refractivity contribution in [2.24, 2.45) is 11.0 Å². The van der Waals surface area contributed by atoms with Crippen LogP contribution in [0.3, 0.4) is 0 Å². The highest BCUT2D eigenvalue weighted by atomic mass is 19.1. The van der Waals surface area contributed by atoms with E-state index in [9.17, 15) is 9.18 Å². The van der Waals surface area contributed by atoms with E-state index in [1.807, 2.05) is 0 Å². The molecular formula is C13H13FN2O. The van der Waals surface area contributed by atoms with Crippen LogP contribution in [-0.2, 0) is 4.79 Å². The number of hydrogen-bond acceptors (Lipinski definition) is 2. The van der Waals surface area contributed by atoms with Gasteiger partial charge in [0.15, 0.2) is 0 Å². The quantitative estimate of drug-likeness (QED) is 0.771. The van der Waals surface area contributed by atoms with E-state index in [2.05, 4.69) is 5.10 Å². The van der Waals surface area contributed by atoms with Crippen molar-refractivity contribution >= 4 is 17.3 Å². The highest BCUT2D eigenvalue weighted by Crippen LogP contribution is 2.36. The van der Waals surface area contributed by atoms with E-state index < -0.39 is 0 Å². The van der Waals surface area contributed by atoms with Crippen molar-refractivity contribution in [2.45, 2.75) is 26.2 Å². The van der Waals surface area contributed by atoms with Gasteiger partial charge in [-0.2, -0.15) is 5.10 Å².